The lowest BCUT2D eigenvalue weighted by molar-refractivity contribution is 0.627. The van der Waals surface area contributed by atoms with Crippen LogP contribution in [-0.4, -0.2) is 0 Å². The van der Waals surface area contributed by atoms with Crippen molar-refractivity contribution < 1.29 is 4.39 Å². The fourth-order valence-electron chi connectivity index (χ4n) is 1.83. The Kier molecular flexibility index (Phi) is 3.76. The minimum atomic E-state index is -0.205. The van der Waals surface area contributed by atoms with Crippen LogP contribution in [0.5, 0.6) is 0 Å². The van der Waals surface area contributed by atoms with Crippen LogP contribution in [0, 0.1) is 5.82 Å². The van der Waals surface area contributed by atoms with Gasteiger partial charge >= 0.3 is 0 Å². The third-order valence-electron chi connectivity index (χ3n) is 2.64. The van der Waals surface area contributed by atoms with Crippen molar-refractivity contribution in [2.45, 2.75) is 19.8 Å². The number of anilines is 2. The second-order valence-corrected chi connectivity index (χ2v) is 4.04. The summed E-state index contributed by atoms with van der Waals surface area (Å²) in [5, 5.41) is 3.26. The monoisotopic (exact) mass is 229 g/mol. The molecule has 0 unspecified atom stereocenters. The van der Waals surface area contributed by atoms with Gasteiger partial charge in [-0.25, -0.2) is 4.39 Å². The van der Waals surface area contributed by atoms with Gasteiger partial charge in [0.1, 0.15) is 5.82 Å². The van der Waals surface area contributed by atoms with Crippen LogP contribution in [-0.2, 0) is 6.42 Å². The molecule has 0 aromatic heterocycles. The molecule has 1 nitrogen and oxygen atoms in total. The van der Waals surface area contributed by atoms with Gasteiger partial charge in [-0.3, -0.25) is 0 Å². The maximum atomic E-state index is 13.3. The van der Waals surface area contributed by atoms with Gasteiger partial charge in [0, 0.05) is 11.4 Å². The van der Waals surface area contributed by atoms with Crippen LogP contribution in [0.15, 0.2) is 48.5 Å². The van der Waals surface area contributed by atoms with Crippen LogP contribution in [0.3, 0.4) is 0 Å². The van der Waals surface area contributed by atoms with Crippen LogP contribution < -0.4 is 5.32 Å². The standard InChI is InChI=1S/C15H16FN/c1-2-6-12-9-10-13(16)11-15(12)17-14-7-4-3-5-8-14/h3-5,7-11,17H,2,6H2,1H3. The molecule has 88 valence electrons. The number of hydrogen-bond donors (Lipinski definition) is 1. The Morgan fingerprint density at radius 3 is 2.53 bits per heavy atom. The van der Waals surface area contributed by atoms with E-state index in [1.165, 1.54) is 6.07 Å². The molecule has 0 radical (unpaired) electrons. The fraction of sp³-hybridized carbons (Fsp3) is 0.200. The number of nitrogens with one attached hydrogen (secondary N) is 1. The topological polar surface area (TPSA) is 12.0 Å². The van der Waals surface area contributed by atoms with Crippen molar-refractivity contribution >= 4 is 11.4 Å². The summed E-state index contributed by atoms with van der Waals surface area (Å²) in [6.07, 6.45) is 2.00. The molecule has 0 amide bonds. The second-order valence-electron chi connectivity index (χ2n) is 4.04. The van der Waals surface area contributed by atoms with E-state index in [-0.39, 0.29) is 5.82 Å². The minimum Gasteiger partial charge on any atom is -0.355 e. The maximum Gasteiger partial charge on any atom is 0.125 e. The summed E-state index contributed by atoms with van der Waals surface area (Å²) in [6.45, 7) is 2.12. The molecule has 2 rings (SSSR count). The molecule has 0 saturated carbocycles. The molecule has 17 heavy (non-hydrogen) atoms. The summed E-state index contributed by atoms with van der Waals surface area (Å²) in [5.74, 6) is -0.205. The predicted octanol–water partition coefficient (Wildman–Crippen LogP) is 4.52. The van der Waals surface area contributed by atoms with E-state index in [1.807, 2.05) is 36.4 Å². The van der Waals surface area contributed by atoms with Crippen LogP contribution in [0.4, 0.5) is 15.8 Å². The first-order valence-electron chi connectivity index (χ1n) is 5.90. The van der Waals surface area contributed by atoms with Gasteiger partial charge in [0.2, 0.25) is 0 Å². The normalized spacial score (nSPS) is 10.2. The summed E-state index contributed by atoms with van der Waals surface area (Å²) in [4.78, 5) is 0. The Labute approximate surface area is 101 Å². The third kappa shape index (κ3) is 3.06. The van der Waals surface area contributed by atoms with E-state index in [1.54, 1.807) is 6.07 Å². The van der Waals surface area contributed by atoms with E-state index in [0.717, 1.165) is 29.8 Å². The molecule has 2 aromatic rings. The smallest absolute Gasteiger partial charge is 0.125 e. The van der Waals surface area contributed by atoms with Gasteiger partial charge < -0.3 is 5.32 Å². The van der Waals surface area contributed by atoms with Gasteiger partial charge in [-0.1, -0.05) is 37.6 Å². The van der Waals surface area contributed by atoms with E-state index in [0.29, 0.717) is 0 Å². The van der Waals surface area contributed by atoms with Crippen molar-refractivity contribution in [3.05, 3.63) is 59.9 Å². The molecular formula is C15H16FN. The first-order valence-corrected chi connectivity index (χ1v) is 5.90. The highest BCUT2D eigenvalue weighted by molar-refractivity contribution is 5.63. The van der Waals surface area contributed by atoms with Crippen LogP contribution in [0.2, 0.25) is 0 Å². The number of rotatable bonds is 4. The molecule has 0 saturated heterocycles. The molecule has 0 heterocycles. The molecule has 0 atom stereocenters. The van der Waals surface area contributed by atoms with Crippen molar-refractivity contribution in [3.63, 3.8) is 0 Å². The van der Waals surface area contributed by atoms with Gasteiger partial charge in [0.15, 0.2) is 0 Å². The van der Waals surface area contributed by atoms with E-state index in [9.17, 15) is 4.39 Å². The van der Waals surface area contributed by atoms with Gasteiger partial charge in [-0.2, -0.15) is 0 Å². The SMILES string of the molecule is CCCc1ccc(F)cc1Nc1ccccc1. The lowest BCUT2D eigenvalue weighted by Gasteiger charge is -2.11. The number of halogens is 1. The number of benzene rings is 2. The summed E-state index contributed by atoms with van der Waals surface area (Å²) < 4.78 is 13.3. The lowest BCUT2D eigenvalue weighted by Crippen LogP contribution is -1.96. The average Bonchev–Trinajstić information content (AvgIpc) is 2.34. The van der Waals surface area contributed by atoms with Crippen LogP contribution in [0.1, 0.15) is 18.9 Å². The third-order valence-corrected chi connectivity index (χ3v) is 2.64. The molecule has 0 aliphatic heterocycles. The van der Waals surface area contributed by atoms with Gasteiger partial charge in [-0.05, 0) is 36.2 Å². The Morgan fingerprint density at radius 2 is 1.82 bits per heavy atom. The first kappa shape index (κ1) is 11.6. The fourth-order valence-corrected chi connectivity index (χ4v) is 1.83. The highest BCUT2D eigenvalue weighted by Crippen LogP contribution is 2.23. The first-order chi connectivity index (χ1) is 8.29. The zero-order valence-electron chi connectivity index (χ0n) is 9.91. The molecule has 1 N–H and O–H groups in total. The van der Waals surface area contributed by atoms with Crippen molar-refractivity contribution in [3.8, 4) is 0 Å². The van der Waals surface area contributed by atoms with E-state index < -0.39 is 0 Å². The lowest BCUT2D eigenvalue weighted by atomic mass is 10.1. The number of hydrogen-bond acceptors (Lipinski definition) is 1. The van der Waals surface area contributed by atoms with Gasteiger partial charge in [0.25, 0.3) is 0 Å². The Bertz CT molecular complexity index is 480. The number of para-hydroxylation sites is 1. The van der Waals surface area contributed by atoms with Gasteiger partial charge in [-0.15, -0.1) is 0 Å². The molecule has 0 fully saturated rings. The summed E-state index contributed by atoms with van der Waals surface area (Å²) in [7, 11) is 0. The summed E-state index contributed by atoms with van der Waals surface area (Å²) in [5.41, 5.74) is 2.99. The van der Waals surface area contributed by atoms with E-state index in [2.05, 4.69) is 12.2 Å². The van der Waals surface area contributed by atoms with Crippen molar-refractivity contribution in [2.75, 3.05) is 5.32 Å². The molecule has 0 spiro atoms. The molecule has 2 aromatic carbocycles. The second kappa shape index (κ2) is 5.48. The molecule has 2 heteroatoms. The van der Waals surface area contributed by atoms with Crippen molar-refractivity contribution in [1.82, 2.24) is 0 Å². The maximum absolute atomic E-state index is 13.3. The Balaban J connectivity index is 2.27. The molecular weight excluding hydrogens is 213 g/mol. The van der Waals surface area contributed by atoms with Gasteiger partial charge in [0.05, 0.1) is 0 Å². The Hall–Kier alpha value is -1.83. The number of aryl methyl sites for hydroxylation is 1. The molecule has 0 bridgehead atoms. The van der Waals surface area contributed by atoms with E-state index >= 15 is 0 Å². The summed E-state index contributed by atoms with van der Waals surface area (Å²) in [6, 6.07) is 14.7. The zero-order chi connectivity index (χ0) is 12.1. The molecule has 0 aliphatic carbocycles. The summed E-state index contributed by atoms with van der Waals surface area (Å²) >= 11 is 0. The minimum absolute atomic E-state index is 0.205. The zero-order valence-corrected chi connectivity index (χ0v) is 9.91. The van der Waals surface area contributed by atoms with Crippen LogP contribution in [0.25, 0.3) is 0 Å². The van der Waals surface area contributed by atoms with Crippen molar-refractivity contribution in [1.29, 1.82) is 0 Å². The highest BCUT2D eigenvalue weighted by Gasteiger charge is 2.03. The predicted molar refractivity (Wildman–Crippen MR) is 70.1 cm³/mol. The molecule has 0 aliphatic rings. The largest absolute Gasteiger partial charge is 0.355 e. The highest BCUT2D eigenvalue weighted by atomic mass is 19.1. The average molecular weight is 229 g/mol. The Morgan fingerprint density at radius 1 is 1.06 bits per heavy atom. The quantitative estimate of drug-likeness (QED) is 0.812. The van der Waals surface area contributed by atoms with Crippen LogP contribution >= 0.6 is 0 Å². The van der Waals surface area contributed by atoms with Crippen molar-refractivity contribution in [2.24, 2.45) is 0 Å². The van der Waals surface area contributed by atoms with E-state index in [4.69, 9.17) is 0 Å².